The average molecular weight is 327 g/mol. The fraction of sp³-hybridized carbons (Fsp3) is 0.316. The Balaban J connectivity index is 1.86. The van der Waals surface area contributed by atoms with Crippen LogP contribution in [-0.4, -0.2) is 45.1 Å². The van der Waals surface area contributed by atoms with Crippen LogP contribution in [0.5, 0.6) is 5.75 Å². The van der Waals surface area contributed by atoms with Crippen LogP contribution in [0.1, 0.15) is 15.9 Å². The molecule has 5 heteroatoms. The second-order valence-corrected chi connectivity index (χ2v) is 5.81. The van der Waals surface area contributed by atoms with Gasteiger partial charge >= 0.3 is 0 Å². The maximum atomic E-state index is 12.3. The van der Waals surface area contributed by atoms with Crippen molar-refractivity contribution < 1.29 is 9.53 Å². The van der Waals surface area contributed by atoms with E-state index < -0.39 is 0 Å². The number of nitrogens with zero attached hydrogens (tertiary/aromatic N) is 1. The number of amides is 1. The third-order valence-electron chi connectivity index (χ3n) is 3.65. The average Bonchev–Trinajstić information content (AvgIpc) is 2.60. The molecule has 0 unspecified atom stereocenters. The molecule has 2 aromatic rings. The molecule has 128 valence electrons. The summed E-state index contributed by atoms with van der Waals surface area (Å²) in [7, 11) is 5.67. The number of nitrogens with one attached hydrogen (secondary N) is 2. The van der Waals surface area contributed by atoms with Gasteiger partial charge in [-0.25, -0.2) is 0 Å². The number of hydrogen-bond acceptors (Lipinski definition) is 4. The van der Waals surface area contributed by atoms with Gasteiger partial charge in [0.25, 0.3) is 5.91 Å². The van der Waals surface area contributed by atoms with Gasteiger partial charge in [0.05, 0.1) is 12.7 Å². The van der Waals surface area contributed by atoms with E-state index in [4.69, 9.17) is 4.74 Å². The molecule has 24 heavy (non-hydrogen) atoms. The summed E-state index contributed by atoms with van der Waals surface area (Å²) in [6, 6.07) is 15.3. The number of carbonyl (C=O) groups is 1. The lowest BCUT2D eigenvalue weighted by molar-refractivity contribution is 0.0948. The first-order chi connectivity index (χ1) is 11.6. The van der Waals surface area contributed by atoms with Gasteiger partial charge in [-0.2, -0.15) is 0 Å². The fourth-order valence-electron chi connectivity index (χ4n) is 2.27. The standard InChI is InChI=1S/C19H25N3O2/c1-22(2)13-12-20-16-10-8-15(9-11-16)14-21-19(23)17-6-4-5-7-18(17)24-3/h4-11,20H,12-14H2,1-3H3,(H,21,23). The van der Waals surface area contributed by atoms with Gasteiger partial charge in [-0.15, -0.1) is 0 Å². The van der Waals surface area contributed by atoms with Gasteiger partial charge in [0.15, 0.2) is 0 Å². The monoisotopic (exact) mass is 327 g/mol. The molecule has 0 aliphatic rings. The van der Waals surface area contributed by atoms with Gasteiger partial charge in [0.2, 0.25) is 0 Å². The summed E-state index contributed by atoms with van der Waals surface area (Å²) in [5.74, 6) is 0.441. The first-order valence-corrected chi connectivity index (χ1v) is 7.99. The Kier molecular flexibility index (Phi) is 6.63. The largest absolute Gasteiger partial charge is 0.496 e. The van der Waals surface area contributed by atoms with Crippen LogP contribution in [0.25, 0.3) is 0 Å². The van der Waals surface area contributed by atoms with Gasteiger partial charge in [-0.1, -0.05) is 24.3 Å². The van der Waals surface area contributed by atoms with Crippen molar-refractivity contribution in [3.8, 4) is 5.75 Å². The molecule has 5 nitrogen and oxygen atoms in total. The summed E-state index contributed by atoms with van der Waals surface area (Å²) in [6.07, 6.45) is 0. The Labute approximate surface area is 143 Å². The maximum absolute atomic E-state index is 12.3. The number of benzene rings is 2. The normalized spacial score (nSPS) is 10.5. The molecule has 0 aliphatic carbocycles. The van der Waals surface area contributed by atoms with Gasteiger partial charge in [-0.3, -0.25) is 4.79 Å². The lowest BCUT2D eigenvalue weighted by atomic mass is 10.1. The summed E-state index contributed by atoms with van der Waals surface area (Å²) in [5, 5.41) is 6.28. The first-order valence-electron chi connectivity index (χ1n) is 7.99. The number of para-hydroxylation sites is 1. The van der Waals surface area contributed by atoms with Gasteiger partial charge in [-0.05, 0) is 43.9 Å². The zero-order chi connectivity index (χ0) is 17.4. The van der Waals surface area contributed by atoms with Crippen LogP contribution in [0.15, 0.2) is 48.5 Å². The van der Waals surface area contributed by atoms with Gasteiger partial charge in [0, 0.05) is 25.3 Å². The molecular formula is C19H25N3O2. The van der Waals surface area contributed by atoms with E-state index in [2.05, 4.69) is 29.6 Å². The Bertz CT molecular complexity index is 654. The highest BCUT2D eigenvalue weighted by Gasteiger charge is 2.10. The highest BCUT2D eigenvalue weighted by atomic mass is 16.5. The van der Waals surface area contributed by atoms with E-state index in [9.17, 15) is 4.79 Å². The zero-order valence-corrected chi connectivity index (χ0v) is 14.5. The minimum absolute atomic E-state index is 0.138. The molecule has 0 spiro atoms. The lowest BCUT2D eigenvalue weighted by Gasteiger charge is -2.12. The van der Waals surface area contributed by atoms with E-state index in [1.54, 1.807) is 19.2 Å². The predicted octanol–water partition coefficient (Wildman–Crippen LogP) is 2.60. The Hall–Kier alpha value is -2.53. The van der Waals surface area contributed by atoms with Crippen molar-refractivity contribution in [2.45, 2.75) is 6.54 Å². The van der Waals surface area contributed by atoms with E-state index in [1.807, 2.05) is 36.4 Å². The third-order valence-corrected chi connectivity index (χ3v) is 3.65. The molecule has 2 rings (SSSR count). The second kappa shape index (κ2) is 8.93. The molecule has 0 aromatic heterocycles. The van der Waals surface area contributed by atoms with Crippen LogP contribution in [0, 0.1) is 0 Å². The summed E-state index contributed by atoms with van der Waals surface area (Å²) in [4.78, 5) is 14.4. The molecule has 2 N–H and O–H groups in total. The SMILES string of the molecule is COc1ccccc1C(=O)NCc1ccc(NCCN(C)C)cc1. The van der Waals surface area contributed by atoms with Crippen LogP contribution in [0.4, 0.5) is 5.69 Å². The topological polar surface area (TPSA) is 53.6 Å². The van der Waals surface area contributed by atoms with Crippen LogP contribution >= 0.6 is 0 Å². The Morgan fingerprint density at radius 3 is 2.46 bits per heavy atom. The molecule has 0 saturated heterocycles. The molecule has 1 amide bonds. The molecular weight excluding hydrogens is 302 g/mol. The minimum Gasteiger partial charge on any atom is -0.496 e. The molecule has 0 atom stereocenters. The van der Waals surface area contributed by atoms with Crippen molar-refractivity contribution in [2.75, 3.05) is 39.6 Å². The number of likely N-dealkylation sites (N-methyl/N-ethyl adjacent to an activating group) is 1. The van der Waals surface area contributed by atoms with Crippen LogP contribution in [-0.2, 0) is 6.54 Å². The third kappa shape index (κ3) is 5.28. The highest BCUT2D eigenvalue weighted by Crippen LogP contribution is 2.17. The Morgan fingerprint density at radius 2 is 1.79 bits per heavy atom. The van der Waals surface area contributed by atoms with Crippen LogP contribution in [0.3, 0.4) is 0 Å². The molecule has 0 heterocycles. The molecule has 0 radical (unpaired) electrons. The molecule has 0 saturated carbocycles. The maximum Gasteiger partial charge on any atom is 0.255 e. The van der Waals surface area contributed by atoms with E-state index >= 15 is 0 Å². The zero-order valence-electron chi connectivity index (χ0n) is 14.5. The van der Waals surface area contributed by atoms with Crippen molar-refractivity contribution in [2.24, 2.45) is 0 Å². The van der Waals surface area contributed by atoms with Gasteiger partial charge < -0.3 is 20.3 Å². The van der Waals surface area contributed by atoms with E-state index in [0.29, 0.717) is 17.9 Å². The summed E-state index contributed by atoms with van der Waals surface area (Å²) in [6.45, 7) is 2.36. The predicted molar refractivity (Wildman–Crippen MR) is 97.6 cm³/mol. The fourth-order valence-corrected chi connectivity index (χ4v) is 2.27. The number of rotatable bonds is 8. The second-order valence-electron chi connectivity index (χ2n) is 5.81. The van der Waals surface area contributed by atoms with E-state index in [-0.39, 0.29) is 5.91 Å². The number of methoxy groups -OCH3 is 1. The summed E-state index contributed by atoms with van der Waals surface area (Å²) in [5.41, 5.74) is 2.68. The number of carbonyl (C=O) groups excluding carboxylic acids is 1. The Morgan fingerprint density at radius 1 is 1.08 bits per heavy atom. The quantitative estimate of drug-likeness (QED) is 0.782. The summed E-state index contributed by atoms with van der Waals surface area (Å²) >= 11 is 0. The lowest BCUT2D eigenvalue weighted by Crippen LogP contribution is -2.23. The van der Waals surface area contributed by atoms with E-state index in [1.165, 1.54) is 0 Å². The highest BCUT2D eigenvalue weighted by molar-refractivity contribution is 5.96. The van der Waals surface area contributed by atoms with Crippen molar-refractivity contribution >= 4 is 11.6 Å². The van der Waals surface area contributed by atoms with Crippen molar-refractivity contribution in [1.82, 2.24) is 10.2 Å². The number of anilines is 1. The number of ether oxygens (including phenoxy) is 1. The van der Waals surface area contributed by atoms with Crippen LogP contribution in [0.2, 0.25) is 0 Å². The molecule has 2 aromatic carbocycles. The first kappa shape index (κ1) is 17.8. The molecule has 0 fully saturated rings. The van der Waals surface area contributed by atoms with Crippen molar-refractivity contribution in [1.29, 1.82) is 0 Å². The number of hydrogen-bond donors (Lipinski definition) is 2. The smallest absolute Gasteiger partial charge is 0.255 e. The molecule has 0 aliphatic heterocycles. The molecule has 0 bridgehead atoms. The minimum atomic E-state index is -0.138. The van der Waals surface area contributed by atoms with E-state index in [0.717, 1.165) is 24.3 Å². The van der Waals surface area contributed by atoms with Crippen LogP contribution < -0.4 is 15.4 Å². The van der Waals surface area contributed by atoms with Gasteiger partial charge in [0.1, 0.15) is 5.75 Å². The van der Waals surface area contributed by atoms with Crippen molar-refractivity contribution in [3.63, 3.8) is 0 Å². The van der Waals surface area contributed by atoms with Crippen molar-refractivity contribution in [3.05, 3.63) is 59.7 Å². The summed E-state index contributed by atoms with van der Waals surface area (Å²) < 4.78 is 5.22.